The number of aromatic amines is 2. The summed E-state index contributed by atoms with van der Waals surface area (Å²) in [4.78, 5) is 11.8. The molecule has 0 spiro atoms. The Morgan fingerprint density at radius 1 is 1.19 bits per heavy atom. The highest BCUT2D eigenvalue weighted by molar-refractivity contribution is 5.90. The van der Waals surface area contributed by atoms with Gasteiger partial charge >= 0.3 is 0 Å². The number of methoxy groups -OCH3 is 1. The van der Waals surface area contributed by atoms with Gasteiger partial charge in [0.1, 0.15) is 5.75 Å². The predicted molar refractivity (Wildman–Crippen MR) is 124 cm³/mol. The van der Waals surface area contributed by atoms with E-state index >= 15 is 0 Å². The van der Waals surface area contributed by atoms with Crippen molar-refractivity contribution < 1.29 is 9.84 Å². The van der Waals surface area contributed by atoms with E-state index in [1.54, 1.807) is 7.11 Å². The molecule has 6 heteroatoms. The largest absolute Gasteiger partial charge is 0.494 e. The van der Waals surface area contributed by atoms with Gasteiger partial charge in [0, 0.05) is 40.3 Å². The molecule has 4 rings (SSSR count). The summed E-state index contributed by atoms with van der Waals surface area (Å²) in [5.74, 6) is 0.638. The number of rotatable bonds is 6. The van der Waals surface area contributed by atoms with E-state index in [2.05, 4.69) is 48.2 Å². The Morgan fingerprint density at radius 3 is 2.61 bits per heavy atom. The number of aryl methyl sites for hydroxylation is 2. The van der Waals surface area contributed by atoms with E-state index in [1.165, 1.54) is 0 Å². The average Bonchev–Trinajstić information content (AvgIpc) is 3.38. The molecule has 0 saturated carbocycles. The van der Waals surface area contributed by atoms with Crippen LogP contribution in [0.2, 0.25) is 0 Å². The smallest absolute Gasteiger partial charge is 0.150 e. The lowest BCUT2D eigenvalue weighted by molar-refractivity contribution is 0.273. The van der Waals surface area contributed by atoms with Crippen LogP contribution in [0.3, 0.4) is 0 Å². The lowest BCUT2D eigenvalue weighted by atomic mass is 10.1. The van der Waals surface area contributed by atoms with E-state index in [-0.39, 0.29) is 6.61 Å². The molecule has 0 aliphatic carbocycles. The maximum atomic E-state index is 10.2. The second-order valence-corrected chi connectivity index (χ2v) is 8.27. The van der Waals surface area contributed by atoms with Crippen LogP contribution in [0.4, 0.5) is 0 Å². The number of H-pyrrole nitrogens is 2. The third-order valence-electron chi connectivity index (χ3n) is 5.59. The quantitative estimate of drug-likeness (QED) is 0.480. The van der Waals surface area contributed by atoms with Crippen molar-refractivity contribution in [2.24, 2.45) is 4.99 Å². The lowest BCUT2D eigenvalue weighted by Gasteiger charge is -2.10. The SMILES string of the molecule is COc1c(CO)/c(=C2/N=c3ccccc3=C2CNC(C)C)[nH]/c1=C\c1[nH]c(C)cc1C. The molecule has 0 fully saturated rings. The first-order valence-electron chi connectivity index (χ1n) is 10.6. The maximum absolute atomic E-state index is 10.2. The summed E-state index contributed by atoms with van der Waals surface area (Å²) >= 11 is 0. The number of hydrogen-bond donors (Lipinski definition) is 4. The second kappa shape index (κ2) is 8.57. The fourth-order valence-corrected chi connectivity index (χ4v) is 4.11. The minimum Gasteiger partial charge on any atom is -0.494 e. The van der Waals surface area contributed by atoms with Gasteiger partial charge in [0.2, 0.25) is 0 Å². The normalized spacial score (nSPS) is 15.6. The van der Waals surface area contributed by atoms with E-state index in [1.807, 2.05) is 31.2 Å². The van der Waals surface area contributed by atoms with Gasteiger partial charge in [-0.3, -0.25) is 0 Å². The molecule has 0 bridgehead atoms. The highest BCUT2D eigenvalue weighted by atomic mass is 16.5. The molecular weight excluding hydrogens is 388 g/mol. The molecule has 6 nitrogen and oxygen atoms in total. The summed E-state index contributed by atoms with van der Waals surface area (Å²) in [6.45, 7) is 8.90. The average molecular weight is 419 g/mol. The highest BCUT2D eigenvalue weighted by Gasteiger charge is 2.19. The summed E-state index contributed by atoms with van der Waals surface area (Å²) in [7, 11) is 1.63. The molecule has 1 aliphatic rings. The van der Waals surface area contributed by atoms with Crippen molar-refractivity contribution in [3.63, 3.8) is 0 Å². The zero-order valence-electron chi connectivity index (χ0n) is 18.8. The topological polar surface area (TPSA) is 85.4 Å². The third kappa shape index (κ3) is 3.96. The summed E-state index contributed by atoms with van der Waals surface area (Å²) in [5, 5.41) is 17.4. The minimum absolute atomic E-state index is 0.147. The Bertz CT molecular complexity index is 1360. The van der Waals surface area contributed by atoms with Crippen LogP contribution in [-0.4, -0.2) is 34.8 Å². The number of nitrogens with one attached hydrogen (secondary N) is 3. The molecule has 0 amide bonds. The Hall–Kier alpha value is -3.09. The van der Waals surface area contributed by atoms with Crippen molar-refractivity contribution in [2.75, 3.05) is 13.7 Å². The Kier molecular flexibility index (Phi) is 5.85. The lowest BCUT2D eigenvalue weighted by Crippen LogP contribution is -2.30. The van der Waals surface area contributed by atoms with Crippen LogP contribution in [0.5, 0.6) is 5.75 Å². The standard InChI is InChI=1S/C25H30N4O2/c1-14(2)26-12-18-17-8-6-7-9-20(17)28-23(18)24-19(13-30)25(31-5)22(29-24)11-21-15(3)10-16(4)27-21/h6-11,14,26-27,29-30H,12-13H2,1-5H3/b22-11-,24-23-. The van der Waals surface area contributed by atoms with Gasteiger partial charge in [0.25, 0.3) is 0 Å². The monoisotopic (exact) mass is 418 g/mol. The number of benzene rings is 1. The highest BCUT2D eigenvalue weighted by Crippen LogP contribution is 2.17. The van der Waals surface area contributed by atoms with E-state index in [4.69, 9.17) is 9.73 Å². The summed E-state index contributed by atoms with van der Waals surface area (Å²) in [5.41, 5.74) is 5.93. The van der Waals surface area contributed by atoms with Gasteiger partial charge < -0.3 is 25.1 Å². The first-order valence-corrected chi connectivity index (χ1v) is 10.6. The maximum Gasteiger partial charge on any atom is 0.150 e. The van der Waals surface area contributed by atoms with Crippen molar-refractivity contribution in [3.8, 4) is 5.75 Å². The van der Waals surface area contributed by atoms with Crippen molar-refractivity contribution in [1.82, 2.24) is 15.3 Å². The number of para-hydroxylation sites is 1. The molecule has 1 aromatic carbocycles. The van der Waals surface area contributed by atoms with Crippen LogP contribution in [0.15, 0.2) is 35.3 Å². The Balaban J connectivity index is 2.02. The van der Waals surface area contributed by atoms with Gasteiger partial charge in [-0.1, -0.05) is 32.0 Å². The molecule has 3 heterocycles. The molecule has 0 saturated heterocycles. The van der Waals surface area contributed by atoms with Gasteiger partial charge in [-0.2, -0.15) is 0 Å². The zero-order valence-corrected chi connectivity index (χ0v) is 18.8. The molecule has 162 valence electrons. The van der Waals surface area contributed by atoms with Crippen molar-refractivity contribution in [1.29, 1.82) is 0 Å². The number of ether oxygens (including phenoxy) is 1. The Labute approximate surface area is 181 Å². The second-order valence-electron chi connectivity index (χ2n) is 8.27. The van der Waals surface area contributed by atoms with Gasteiger partial charge in [-0.15, -0.1) is 0 Å². The van der Waals surface area contributed by atoms with Crippen LogP contribution >= 0.6 is 0 Å². The van der Waals surface area contributed by atoms with Crippen LogP contribution in [0.1, 0.15) is 36.4 Å². The van der Waals surface area contributed by atoms with Gasteiger partial charge in [-0.25, -0.2) is 4.99 Å². The molecule has 31 heavy (non-hydrogen) atoms. The Morgan fingerprint density at radius 2 is 1.97 bits per heavy atom. The van der Waals surface area contributed by atoms with Crippen LogP contribution < -0.4 is 31.3 Å². The first kappa shape index (κ1) is 21.2. The van der Waals surface area contributed by atoms with Crippen LogP contribution in [0, 0.1) is 13.8 Å². The molecular formula is C25H30N4O2. The van der Waals surface area contributed by atoms with E-state index in [0.717, 1.165) is 49.5 Å². The summed E-state index contributed by atoms with van der Waals surface area (Å²) < 4.78 is 5.72. The third-order valence-corrected chi connectivity index (χ3v) is 5.59. The number of aromatic nitrogens is 2. The fraction of sp³-hybridized carbons (Fsp3) is 0.320. The predicted octanol–water partition coefficient (Wildman–Crippen LogP) is 0.880. The molecule has 3 aromatic rings. The summed E-state index contributed by atoms with van der Waals surface area (Å²) in [6, 6.07) is 10.6. The number of fused-ring (bicyclic) bond motifs is 1. The minimum atomic E-state index is -0.147. The molecule has 1 aliphatic heterocycles. The van der Waals surface area contributed by atoms with Crippen molar-refractivity contribution >= 4 is 17.3 Å². The van der Waals surface area contributed by atoms with Crippen LogP contribution in [-0.2, 0) is 6.61 Å². The van der Waals surface area contributed by atoms with Crippen molar-refractivity contribution in [3.05, 3.63) is 74.1 Å². The molecule has 0 unspecified atom stereocenters. The first-order chi connectivity index (χ1) is 14.9. The molecule has 2 aromatic heterocycles. The number of aliphatic hydroxyl groups excluding tert-OH is 1. The van der Waals surface area contributed by atoms with E-state index in [0.29, 0.717) is 23.9 Å². The number of nitrogens with zero attached hydrogens (tertiary/aromatic N) is 1. The molecule has 0 atom stereocenters. The van der Waals surface area contributed by atoms with E-state index in [9.17, 15) is 5.11 Å². The van der Waals surface area contributed by atoms with Gasteiger partial charge in [-0.05, 0) is 37.6 Å². The number of aliphatic hydroxyl groups is 1. The van der Waals surface area contributed by atoms with Gasteiger partial charge in [0.15, 0.2) is 0 Å². The zero-order chi connectivity index (χ0) is 22.1. The van der Waals surface area contributed by atoms with Crippen LogP contribution in [0.25, 0.3) is 17.3 Å². The summed E-state index contributed by atoms with van der Waals surface area (Å²) in [6.07, 6.45) is 2.03. The fourth-order valence-electron chi connectivity index (χ4n) is 4.11. The molecule has 0 radical (unpaired) electrons. The number of hydrogen-bond acceptors (Lipinski definition) is 4. The van der Waals surface area contributed by atoms with Crippen molar-refractivity contribution in [2.45, 2.75) is 40.3 Å². The molecule has 4 N–H and O–H groups in total. The van der Waals surface area contributed by atoms with Gasteiger partial charge in [0.05, 0.1) is 35.5 Å². The van der Waals surface area contributed by atoms with E-state index < -0.39 is 0 Å².